The van der Waals surface area contributed by atoms with E-state index in [0.29, 0.717) is 24.8 Å². The molecule has 5 nitrogen and oxygen atoms in total. The maximum atomic E-state index is 12.6. The number of aromatic nitrogens is 1. The summed E-state index contributed by atoms with van der Waals surface area (Å²) in [4.78, 5) is 29.9. The molecule has 1 amide bonds. The number of alkyl halides is 3. The molecule has 1 aliphatic rings. The summed E-state index contributed by atoms with van der Waals surface area (Å²) in [7, 11) is 0. The molecule has 0 bridgehead atoms. The molecule has 2 aromatic rings. The van der Waals surface area contributed by atoms with Crippen LogP contribution in [0, 0.1) is 11.3 Å². The minimum absolute atomic E-state index is 0.0224. The third-order valence-electron chi connectivity index (χ3n) is 4.59. The number of pyridine rings is 1. The third-order valence-corrected chi connectivity index (χ3v) is 4.59. The molecule has 0 aliphatic carbocycles. The van der Waals surface area contributed by atoms with Gasteiger partial charge in [-0.3, -0.25) is 14.6 Å². The van der Waals surface area contributed by atoms with E-state index in [-0.39, 0.29) is 17.2 Å². The van der Waals surface area contributed by atoms with Crippen molar-refractivity contribution in [3.63, 3.8) is 0 Å². The van der Waals surface area contributed by atoms with Crippen molar-refractivity contribution >= 4 is 17.4 Å². The molecule has 1 fully saturated rings. The number of carbonyl (C=O) groups is 2. The number of ketones is 1. The van der Waals surface area contributed by atoms with Crippen molar-refractivity contribution in [3.05, 3.63) is 59.4 Å². The number of nitrogens with zero attached hydrogens (tertiary/aromatic N) is 3. The summed E-state index contributed by atoms with van der Waals surface area (Å²) in [6, 6.07) is 9.91. The van der Waals surface area contributed by atoms with Crippen molar-refractivity contribution in [2.24, 2.45) is 0 Å². The van der Waals surface area contributed by atoms with Crippen LogP contribution >= 0.6 is 0 Å². The Morgan fingerprint density at radius 3 is 2.39 bits per heavy atom. The lowest BCUT2D eigenvalue weighted by Gasteiger charge is -2.26. The van der Waals surface area contributed by atoms with Crippen molar-refractivity contribution in [2.45, 2.75) is 31.4 Å². The average Bonchev–Trinajstić information content (AvgIpc) is 2.69. The highest BCUT2D eigenvalue weighted by Crippen LogP contribution is 2.30. The van der Waals surface area contributed by atoms with Crippen LogP contribution in [-0.2, 0) is 11.0 Å². The van der Waals surface area contributed by atoms with Crippen LogP contribution in [0.4, 0.5) is 18.9 Å². The molecule has 3 rings (SSSR count). The van der Waals surface area contributed by atoms with Gasteiger partial charge in [0.15, 0.2) is 11.7 Å². The van der Waals surface area contributed by atoms with E-state index in [1.807, 2.05) is 0 Å². The van der Waals surface area contributed by atoms with E-state index >= 15 is 0 Å². The van der Waals surface area contributed by atoms with Crippen molar-refractivity contribution in [2.75, 3.05) is 11.4 Å². The van der Waals surface area contributed by atoms with Crippen LogP contribution in [0.25, 0.3) is 0 Å². The first-order valence-electron chi connectivity index (χ1n) is 8.68. The van der Waals surface area contributed by atoms with E-state index in [4.69, 9.17) is 0 Å². The standard InChI is InChI=1S/C20H16F3N3O2/c21-20(22,23)14-6-9-17(25-12-14)16(11-24)19(28)13-4-7-15(8-5-13)26-10-2-1-3-18(26)27/h4-9,12,16H,1-3,10H2. The highest BCUT2D eigenvalue weighted by Gasteiger charge is 2.32. The number of carbonyl (C=O) groups excluding carboxylic acids is 2. The number of halogens is 3. The van der Waals surface area contributed by atoms with E-state index in [9.17, 15) is 28.0 Å². The number of Topliss-reactive ketones (excluding diaryl/α,β-unsaturated/α-hetero) is 1. The first kappa shape index (κ1) is 19.5. The van der Waals surface area contributed by atoms with Gasteiger partial charge in [0.05, 0.1) is 17.3 Å². The van der Waals surface area contributed by atoms with Gasteiger partial charge in [-0.15, -0.1) is 0 Å². The van der Waals surface area contributed by atoms with Gasteiger partial charge in [-0.25, -0.2) is 0 Å². The molecular weight excluding hydrogens is 371 g/mol. The van der Waals surface area contributed by atoms with Gasteiger partial charge in [-0.2, -0.15) is 18.4 Å². The number of amides is 1. The molecule has 2 heterocycles. The summed E-state index contributed by atoms with van der Waals surface area (Å²) in [6.07, 6.45) is -1.69. The predicted molar refractivity (Wildman–Crippen MR) is 94.6 cm³/mol. The summed E-state index contributed by atoms with van der Waals surface area (Å²) >= 11 is 0. The predicted octanol–water partition coefficient (Wildman–Crippen LogP) is 4.11. The van der Waals surface area contributed by atoms with Crippen LogP contribution in [0.15, 0.2) is 42.6 Å². The molecule has 1 aromatic carbocycles. The second-order valence-electron chi connectivity index (χ2n) is 6.45. The summed E-state index contributed by atoms with van der Waals surface area (Å²) in [6.45, 7) is 0.614. The van der Waals surface area contributed by atoms with Gasteiger partial charge in [0.2, 0.25) is 5.91 Å². The molecule has 1 aromatic heterocycles. The van der Waals surface area contributed by atoms with Crippen LogP contribution in [0.3, 0.4) is 0 Å². The largest absolute Gasteiger partial charge is 0.417 e. The second kappa shape index (κ2) is 7.80. The van der Waals surface area contributed by atoms with Gasteiger partial charge < -0.3 is 4.90 Å². The number of hydrogen-bond acceptors (Lipinski definition) is 4. The molecule has 1 atom stereocenters. The molecule has 144 valence electrons. The van der Waals surface area contributed by atoms with Crippen molar-refractivity contribution < 1.29 is 22.8 Å². The maximum Gasteiger partial charge on any atom is 0.417 e. The Labute approximate surface area is 159 Å². The van der Waals surface area contributed by atoms with E-state index < -0.39 is 23.4 Å². The highest BCUT2D eigenvalue weighted by molar-refractivity contribution is 6.03. The topological polar surface area (TPSA) is 74.1 Å². The van der Waals surface area contributed by atoms with Crippen molar-refractivity contribution in [3.8, 4) is 6.07 Å². The lowest BCUT2D eigenvalue weighted by molar-refractivity contribution is -0.137. The van der Waals surface area contributed by atoms with Gasteiger partial charge in [-0.1, -0.05) is 0 Å². The zero-order valence-corrected chi connectivity index (χ0v) is 14.7. The Kier molecular flexibility index (Phi) is 5.45. The average molecular weight is 387 g/mol. The van der Waals surface area contributed by atoms with Crippen LogP contribution in [0.2, 0.25) is 0 Å². The fraction of sp³-hybridized carbons (Fsp3) is 0.300. The lowest BCUT2D eigenvalue weighted by Crippen LogP contribution is -2.35. The molecule has 0 radical (unpaired) electrons. The third kappa shape index (κ3) is 4.03. The number of hydrogen-bond donors (Lipinski definition) is 0. The molecule has 0 spiro atoms. The quantitative estimate of drug-likeness (QED) is 0.740. The number of anilines is 1. The lowest BCUT2D eigenvalue weighted by atomic mass is 9.95. The SMILES string of the molecule is N#CC(C(=O)c1ccc(N2CCCCC2=O)cc1)c1ccc(C(F)(F)F)cn1. The Bertz CT molecular complexity index is 916. The van der Waals surface area contributed by atoms with E-state index in [1.165, 1.54) is 12.1 Å². The van der Waals surface area contributed by atoms with E-state index in [2.05, 4.69) is 4.98 Å². The Balaban J connectivity index is 1.80. The molecule has 28 heavy (non-hydrogen) atoms. The molecule has 0 N–H and O–H groups in total. The minimum Gasteiger partial charge on any atom is -0.312 e. The van der Waals surface area contributed by atoms with Gasteiger partial charge in [0.1, 0.15) is 0 Å². The van der Waals surface area contributed by atoms with E-state index in [0.717, 1.165) is 25.0 Å². The molecule has 1 saturated heterocycles. The Morgan fingerprint density at radius 1 is 1.14 bits per heavy atom. The Morgan fingerprint density at radius 2 is 1.86 bits per heavy atom. The number of nitriles is 1. The maximum absolute atomic E-state index is 12.6. The van der Waals surface area contributed by atoms with Gasteiger partial charge in [0, 0.05) is 30.4 Å². The monoisotopic (exact) mass is 387 g/mol. The fourth-order valence-corrected chi connectivity index (χ4v) is 3.05. The van der Waals surface area contributed by atoms with Gasteiger partial charge in [0.25, 0.3) is 0 Å². The first-order valence-corrected chi connectivity index (χ1v) is 8.68. The smallest absolute Gasteiger partial charge is 0.312 e. The summed E-state index contributed by atoms with van der Waals surface area (Å²) in [5, 5.41) is 9.35. The molecular formula is C20H16F3N3O2. The minimum atomic E-state index is -4.54. The second-order valence-corrected chi connectivity index (χ2v) is 6.45. The fourth-order valence-electron chi connectivity index (χ4n) is 3.05. The highest BCUT2D eigenvalue weighted by atomic mass is 19.4. The molecule has 1 unspecified atom stereocenters. The van der Waals surface area contributed by atoms with Crippen LogP contribution < -0.4 is 4.90 Å². The normalized spacial score (nSPS) is 15.8. The Hall–Kier alpha value is -3.21. The number of rotatable bonds is 4. The van der Waals surface area contributed by atoms with Crippen LogP contribution in [0.5, 0.6) is 0 Å². The zero-order valence-electron chi connectivity index (χ0n) is 14.7. The molecule has 8 heteroatoms. The zero-order chi connectivity index (χ0) is 20.3. The van der Waals surface area contributed by atoms with Crippen LogP contribution in [-0.4, -0.2) is 23.2 Å². The van der Waals surface area contributed by atoms with Gasteiger partial charge in [-0.05, 0) is 49.2 Å². The van der Waals surface area contributed by atoms with E-state index in [1.54, 1.807) is 23.1 Å². The molecule has 0 saturated carbocycles. The van der Waals surface area contributed by atoms with Crippen molar-refractivity contribution in [1.29, 1.82) is 5.26 Å². The summed E-state index contributed by atoms with van der Waals surface area (Å²) < 4.78 is 37.9. The number of benzene rings is 1. The summed E-state index contributed by atoms with van der Waals surface area (Å²) in [5.41, 5.74) is -0.101. The first-order chi connectivity index (χ1) is 13.3. The van der Waals surface area contributed by atoms with Crippen LogP contribution in [0.1, 0.15) is 46.8 Å². The van der Waals surface area contributed by atoms with Crippen molar-refractivity contribution in [1.82, 2.24) is 4.98 Å². The molecule has 1 aliphatic heterocycles. The number of piperidine rings is 1. The summed E-state index contributed by atoms with van der Waals surface area (Å²) in [5.74, 6) is -1.86. The van der Waals surface area contributed by atoms with Gasteiger partial charge >= 0.3 is 6.18 Å².